The van der Waals surface area contributed by atoms with Crippen LogP contribution in [0, 0.1) is 10.8 Å². The Morgan fingerprint density at radius 2 is 1.70 bits per heavy atom. The molecule has 0 radical (unpaired) electrons. The lowest BCUT2D eigenvalue weighted by Crippen LogP contribution is -2.37. The summed E-state index contributed by atoms with van der Waals surface area (Å²) < 4.78 is 56.6. The molecule has 4 rings (SSSR count). The van der Waals surface area contributed by atoms with Gasteiger partial charge in [-0.05, 0) is 66.5 Å². The van der Waals surface area contributed by atoms with E-state index in [0.717, 1.165) is 19.3 Å². The number of ether oxygens (including phenoxy) is 1. The molecule has 1 saturated heterocycles. The number of rotatable bonds is 7. The van der Waals surface area contributed by atoms with Crippen LogP contribution in [0.2, 0.25) is 0 Å². The molecular weight excluding hydrogens is 518 g/mol. The normalized spacial score (nSPS) is 23.4. The molecule has 2 fully saturated rings. The van der Waals surface area contributed by atoms with Gasteiger partial charge in [0.25, 0.3) is 5.91 Å². The van der Waals surface area contributed by atoms with E-state index in [9.17, 15) is 26.4 Å². The molecule has 2 bridgehead atoms. The molecule has 1 heterocycles. The predicted molar refractivity (Wildman–Crippen MR) is 137 cm³/mol. The van der Waals surface area contributed by atoms with Crippen LogP contribution in [0.3, 0.4) is 0 Å². The van der Waals surface area contributed by atoms with Gasteiger partial charge in [-0.1, -0.05) is 32.9 Å². The Morgan fingerprint density at radius 1 is 1.03 bits per heavy atom. The van der Waals surface area contributed by atoms with E-state index in [1.807, 2.05) is 0 Å². The van der Waals surface area contributed by atoms with Crippen molar-refractivity contribution in [3.05, 3.63) is 54.1 Å². The molecule has 2 atom stereocenters. The molecule has 2 aromatic rings. The fraction of sp³-hybridized carbons (Fsp3) is 0.440. The Labute approximate surface area is 217 Å². The summed E-state index contributed by atoms with van der Waals surface area (Å²) in [5.74, 6) is -1.57. The highest BCUT2D eigenvalue weighted by Gasteiger charge is 2.53. The molecule has 0 spiro atoms. The number of fused-ring (bicyclic) bond motifs is 2. The highest BCUT2D eigenvalue weighted by atomic mass is 32.2. The molecule has 1 aliphatic carbocycles. The minimum atomic E-state index is -3.95. The van der Waals surface area contributed by atoms with Crippen LogP contribution >= 0.6 is 0 Å². The number of hydrogen-bond donors (Lipinski definition) is 2. The van der Waals surface area contributed by atoms with E-state index in [1.165, 1.54) is 48.5 Å². The van der Waals surface area contributed by atoms with E-state index in [2.05, 4.69) is 26.1 Å². The smallest absolute Gasteiger partial charge is 0.338 e. The number of benzene rings is 2. The molecule has 0 aromatic heterocycles. The van der Waals surface area contributed by atoms with E-state index in [1.54, 1.807) is 4.31 Å². The van der Waals surface area contributed by atoms with Gasteiger partial charge in [-0.25, -0.2) is 26.8 Å². The SMILES string of the molecule is CC1(C)CC2CC(C)(CN2S(=O)(=O)c2cccc(C(=O)OCC(=O)Nc3cccc(S(N)(=O)=O)c3)c2)C1. The maximum absolute atomic E-state index is 13.5. The number of primary sulfonamides is 1. The number of nitrogens with one attached hydrogen (secondary N) is 1. The van der Waals surface area contributed by atoms with Crippen molar-refractivity contribution in [2.45, 2.75) is 55.9 Å². The summed E-state index contributed by atoms with van der Waals surface area (Å²) in [6.45, 7) is 6.23. The van der Waals surface area contributed by atoms with Crippen molar-refractivity contribution in [1.29, 1.82) is 0 Å². The monoisotopic (exact) mass is 549 g/mol. The molecule has 2 unspecified atom stereocenters. The lowest BCUT2D eigenvalue weighted by molar-refractivity contribution is -0.119. The van der Waals surface area contributed by atoms with Crippen LogP contribution in [-0.4, -0.2) is 52.2 Å². The lowest BCUT2D eigenvalue weighted by Gasteiger charge is -2.39. The summed E-state index contributed by atoms with van der Waals surface area (Å²) in [5, 5.41) is 7.52. The zero-order valence-corrected chi connectivity index (χ0v) is 22.6. The number of nitrogens with two attached hydrogens (primary N) is 1. The first-order valence-corrected chi connectivity index (χ1v) is 14.8. The van der Waals surface area contributed by atoms with Crippen molar-refractivity contribution in [3.63, 3.8) is 0 Å². The number of sulfonamides is 2. The second kappa shape index (κ2) is 9.50. The van der Waals surface area contributed by atoms with Crippen LogP contribution in [-0.2, 0) is 29.6 Å². The van der Waals surface area contributed by atoms with Crippen LogP contribution in [0.4, 0.5) is 5.69 Å². The number of carbonyl (C=O) groups is 2. The molecule has 200 valence electrons. The van der Waals surface area contributed by atoms with Crippen LogP contribution in [0.5, 0.6) is 0 Å². The highest BCUT2D eigenvalue weighted by molar-refractivity contribution is 7.89. The first-order valence-electron chi connectivity index (χ1n) is 11.8. The molecular formula is C25H31N3O7S2. The predicted octanol–water partition coefficient (Wildman–Crippen LogP) is 2.72. The molecule has 1 saturated carbocycles. The first kappa shape index (κ1) is 27.2. The third-order valence-corrected chi connectivity index (χ3v) is 9.63. The van der Waals surface area contributed by atoms with E-state index in [4.69, 9.17) is 9.88 Å². The molecule has 3 N–H and O–H groups in total. The Morgan fingerprint density at radius 3 is 2.41 bits per heavy atom. The van der Waals surface area contributed by atoms with E-state index in [0.29, 0.717) is 6.54 Å². The van der Waals surface area contributed by atoms with Crippen LogP contribution in [0.15, 0.2) is 58.3 Å². The Kier molecular flexibility index (Phi) is 6.99. The number of anilines is 1. The van der Waals surface area contributed by atoms with Crippen molar-refractivity contribution < 1.29 is 31.2 Å². The molecule has 2 aromatic carbocycles. The second-order valence-electron chi connectivity index (χ2n) is 11.0. The van der Waals surface area contributed by atoms with Gasteiger partial charge in [0.05, 0.1) is 15.4 Å². The van der Waals surface area contributed by atoms with Gasteiger partial charge in [0, 0.05) is 18.3 Å². The van der Waals surface area contributed by atoms with Gasteiger partial charge >= 0.3 is 5.97 Å². The maximum atomic E-state index is 13.5. The third-order valence-electron chi connectivity index (χ3n) is 6.82. The highest BCUT2D eigenvalue weighted by Crippen LogP contribution is 2.53. The van der Waals surface area contributed by atoms with Gasteiger partial charge in [-0.15, -0.1) is 0 Å². The van der Waals surface area contributed by atoms with Crippen LogP contribution in [0.1, 0.15) is 50.4 Å². The zero-order valence-electron chi connectivity index (χ0n) is 20.9. The largest absolute Gasteiger partial charge is 0.452 e. The topological polar surface area (TPSA) is 153 Å². The Hall–Kier alpha value is -2.80. The quantitative estimate of drug-likeness (QED) is 0.504. The third kappa shape index (κ3) is 6.03. The number of carbonyl (C=O) groups excluding carboxylic acids is 2. The second-order valence-corrected chi connectivity index (χ2v) is 14.4. The lowest BCUT2D eigenvalue weighted by atomic mass is 9.65. The summed E-state index contributed by atoms with van der Waals surface area (Å²) in [5.41, 5.74) is 0.123. The number of amides is 1. The van der Waals surface area contributed by atoms with Gasteiger partial charge in [0.15, 0.2) is 6.61 Å². The van der Waals surface area contributed by atoms with Crippen molar-refractivity contribution in [1.82, 2.24) is 4.31 Å². The Bertz CT molecular complexity index is 1450. The fourth-order valence-electron chi connectivity index (χ4n) is 5.77. The molecule has 2 aliphatic rings. The average Bonchev–Trinajstić information content (AvgIpc) is 3.06. The average molecular weight is 550 g/mol. The standard InChI is InChI=1S/C25H31N3O7S2/c1-24(2)12-19-13-25(3,15-24)16-28(19)37(33,34)21-9-4-6-17(10-21)23(30)35-14-22(29)27-18-7-5-8-20(11-18)36(26,31)32/h4-11,19H,12-16H2,1-3H3,(H,27,29)(H2,26,31,32). The number of esters is 1. The first-order chi connectivity index (χ1) is 17.1. The van der Waals surface area contributed by atoms with Crippen LogP contribution < -0.4 is 10.5 Å². The van der Waals surface area contributed by atoms with Gasteiger partial charge in [0.1, 0.15) is 0 Å². The summed E-state index contributed by atoms with van der Waals surface area (Å²) in [7, 11) is -7.79. The number of hydrogen-bond acceptors (Lipinski definition) is 7. The Balaban J connectivity index is 1.43. The van der Waals surface area contributed by atoms with E-state index >= 15 is 0 Å². The van der Waals surface area contributed by atoms with Crippen molar-refractivity contribution in [3.8, 4) is 0 Å². The van der Waals surface area contributed by atoms with Crippen molar-refractivity contribution in [2.75, 3.05) is 18.5 Å². The fourth-order valence-corrected chi connectivity index (χ4v) is 8.15. The molecule has 12 heteroatoms. The van der Waals surface area contributed by atoms with Gasteiger partial charge in [-0.2, -0.15) is 4.31 Å². The molecule has 10 nitrogen and oxygen atoms in total. The van der Waals surface area contributed by atoms with Crippen molar-refractivity contribution >= 4 is 37.6 Å². The van der Waals surface area contributed by atoms with E-state index < -0.39 is 38.5 Å². The minimum absolute atomic E-state index is 0.000154. The zero-order chi connectivity index (χ0) is 27.2. The summed E-state index contributed by atoms with van der Waals surface area (Å²) in [4.78, 5) is 24.6. The molecule has 1 amide bonds. The molecule has 37 heavy (non-hydrogen) atoms. The van der Waals surface area contributed by atoms with Gasteiger partial charge in [-0.3, -0.25) is 4.79 Å². The van der Waals surface area contributed by atoms with Gasteiger partial charge < -0.3 is 10.1 Å². The summed E-state index contributed by atoms with van der Waals surface area (Å²) >= 11 is 0. The minimum Gasteiger partial charge on any atom is -0.452 e. The van der Waals surface area contributed by atoms with Crippen LogP contribution in [0.25, 0.3) is 0 Å². The number of nitrogens with zero attached hydrogens (tertiary/aromatic N) is 1. The molecule has 1 aliphatic heterocycles. The summed E-state index contributed by atoms with van der Waals surface area (Å²) in [6, 6.07) is 10.8. The maximum Gasteiger partial charge on any atom is 0.338 e. The van der Waals surface area contributed by atoms with E-state index in [-0.39, 0.29) is 37.9 Å². The van der Waals surface area contributed by atoms with Gasteiger partial charge in [0.2, 0.25) is 20.0 Å². The van der Waals surface area contributed by atoms with Crippen molar-refractivity contribution in [2.24, 2.45) is 16.0 Å². The summed E-state index contributed by atoms with van der Waals surface area (Å²) in [6.07, 6.45) is 2.54.